The van der Waals surface area contributed by atoms with Crippen molar-refractivity contribution in [3.63, 3.8) is 0 Å². The Hall–Kier alpha value is -3.02. The summed E-state index contributed by atoms with van der Waals surface area (Å²) in [6, 6.07) is 0.0794. The Labute approximate surface area is 206 Å². The second-order valence-corrected chi connectivity index (χ2v) is 9.24. The SMILES string of the molecule is COc1cnc(-c2c(Cl)cnn2C(C)C)nc1NCC1CCN(c2nc(C(F)(F)F)cn2C)CC1. The van der Waals surface area contributed by atoms with Gasteiger partial charge in [-0.1, -0.05) is 11.6 Å². The van der Waals surface area contributed by atoms with Gasteiger partial charge in [-0.25, -0.2) is 15.0 Å². The predicted octanol–water partition coefficient (Wildman–Crippen LogP) is 4.66. The van der Waals surface area contributed by atoms with Crippen LogP contribution in [0.15, 0.2) is 18.6 Å². The normalized spacial score (nSPS) is 15.2. The molecular formula is C22H28ClF3N8O. The van der Waals surface area contributed by atoms with Crippen molar-refractivity contribution in [3.05, 3.63) is 29.3 Å². The molecule has 0 saturated carbocycles. The molecule has 1 saturated heterocycles. The molecule has 0 spiro atoms. The molecule has 3 aromatic rings. The first-order chi connectivity index (χ1) is 16.6. The molecule has 0 bridgehead atoms. The number of nitrogens with zero attached hydrogens (tertiary/aromatic N) is 7. The maximum Gasteiger partial charge on any atom is 0.434 e. The van der Waals surface area contributed by atoms with E-state index in [-0.39, 0.29) is 6.04 Å². The maximum absolute atomic E-state index is 13.0. The number of ether oxygens (including phenoxy) is 1. The number of alkyl halides is 3. The molecule has 1 aliphatic heterocycles. The van der Waals surface area contributed by atoms with Crippen LogP contribution in [0.25, 0.3) is 11.5 Å². The molecule has 1 aliphatic rings. The monoisotopic (exact) mass is 512 g/mol. The first kappa shape index (κ1) is 25.1. The number of methoxy groups -OCH3 is 1. The number of hydrogen-bond acceptors (Lipinski definition) is 7. The van der Waals surface area contributed by atoms with Crippen molar-refractivity contribution in [2.24, 2.45) is 13.0 Å². The van der Waals surface area contributed by atoms with Gasteiger partial charge in [-0.3, -0.25) is 4.68 Å². The van der Waals surface area contributed by atoms with E-state index in [1.165, 1.54) is 4.57 Å². The van der Waals surface area contributed by atoms with Crippen LogP contribution in [0, 0.1) is 5.92 Å². The van der Waals surface area contributed by atoms with Crippen molar-refractivity contribution in [2.75, 3.05) is 37.0 Å². The van der Waals surface area contributed by atoms with Crippen molar-refractivity contribution in [2.45, 2.75) is 38.9 Å². The van der Waals surface area contributed by atoms with Crippen LogP contribution in [0.1, 0.15) is 38.4 Å². The molecule has 190 valence electrons. The number of anilines is 2. The van der Waals surface area contributed by atoms with Crippen LogP contribution in [0.2, 0.25) is 5.02 Å². The van der Waals surface area contributed by atoms with Crippen molar-refractivity contribution in [1.29, 1.82) is 0 Å². The first-order valence-electron chi connectivity index (χ1n) is 11.3. The van der Waals surface area contributed by atoms with Gasteiger partial charge in [0.25, 0.3) is 0 Å². The van der Waals surface area contributed by atoms with Crippen molar-refractivity contribution in [1.82, 2.24) is 29.3 Å². The van der Waals surface area contributed by atoms with Gasteiger partial charge in [0.1, 0.15) is 5.69 Å². The van der Waals surface area contributed by atoms with Gasteiger partial charge in [-0.15, -0.1) is 0 Å². The third kappa shape index (κ3) is 5.31. The van der Waals surface area contributed by atoms with Gasteiger partial charge in [-0.2, -0.15) is 18.3 Å². The summed E-state index contributed by atoms with van der Waals surface area (Å²) < 4.78 is 47.6. The molecule has 9 nitrogen and oxygen atoms in total. The molecule has 1 N–H and O–H groups in total. The Kier molecular flexibility index (Phi) is 7.11. The summed E-state index contributed by atoms with van der Waals surface area (Å²) in [6.45, 7) is 5.85. The smallest absolute Gasteiger partial charge is 0.434 e. The van der Waals surface area contributed by atoms with Crippen LogP contribution in [-0.2, 0) is 13.2 Å². The van der Waals surface area contributed by atoms with E-state index in [1.807, 2.05) is 18.7 Å². The molecule has 3 aromatic heterocycles. The topological polar surface area (TPSA) is 85.9 Å². The van der Waals surface area contributed by atoms with E-state index in [4.69, 9.17) is 16.3 Å². The molecular weight excluding hydrogens is 485 g/mol. The Bertz CT molecular complexity index is 1170. The van der Waals surface area contributed by atoms with Crippen LogP contribution >= 0.6 is 11.6 Å². The number of hydrogen-bond donors (Lipinski definition) is 1. The van der Waals surface area contributed by atoms with Gasteiger partial charge in [0, 0.05) is 38.9 Å². The Morgan fingerprint density at radius 1 is 1.20 bits per heavy atom. The van der Waals surface area contributed by atoms with Crippen LogP contribution in [-0.4, -0.2) is 56.0 Å². The molecule has 0 aromatic carbocycles. The summed E-state index contributed by atoms with van der Waals surface area (Å²) in [6.07, 6.45) is 1.34. The molecule has 35 heavy (non-hydrogen) atoms. The number of aromatic nitrogens is 6. The van der Waals surface area contributed by atoms with Crippen molar-refractivity contribution >= 4 is 23.4 Å². The lowest BCUT2D eigenvalue weighted by atomic mass is 9.97. The number of imidazole rings is 1. The second-order valence-electron chi connectivity index (χ2n) is 8.84. The third-order valence-electron chi connectivity index (χ3n) is 6.02. The predicted molar refractivity (Wildman–Crippen MR) is 127 cm³/mol. The zero-order valence-electron chi connectivity index (χ0n) is 20.0. The summed E-state index contributed by atoms with van der Waals surface area (Å²) >= 11 is 6.36. The Balaban J connectivity index is 1.42. The Morgan fingerprint density at radius 2 is 1.91 bits per heavy atom. The molecule has 0 atom stereocenters. The quantitative estimate of drug-likeness (QED) is 0.492. The highest BCUT2D eigenvalue weighted by Gasteiger charge is 2.35. The summed E-state index contributed by atoms with van der Waals surface area (Å²) in [4.78, 5) is 14.8. The third-order valence-corrected chi connectivity index (χ3v) is 6.30. The Morgan fingerprint density at radius 3 is 2.51 bits per heavy atom. The van der Waals surface area contributed by atoms with Gasteiger partial charge in [0.15, 0.2) is 23.1 Å². The molecule has 0 radical (unpaired) electrons. The van der Waals surface area contributed by atoms with E-state index in [9.17, 15) is 13.2 Å². The van der Waals surface area contributed by atoms with E-state index >= 15 is 0 Å². The molecule has 0 aliphatic carbocycles. The summed E-state index contributed by atoms with van der Waals surface area (Å²) in [5, 5.41) is 8.14. The molecule has 4 heterocycles. The summed E-state index contributed by atoms with van der Waals surface area (Å²) in [7, 11) is 3.14. The summed E-state index contributed by atoms with van der Waals surface area (Å²) in [5.74, 6) is 2.14. The van der Waals surface area contributed by atoms with Gasteiger partial charge >= 0.3 is 6.18 Å². The minimum absolute atomic E-state index is 0.0794. The highest BCUT2D eigenvalue weighted by atomic mass is 35.5. The molecule has 0 amide bonds. The lowest BCUT2D eigenvalue weighted by Crippen LogP contribution is -2.37. The number of rotatable bonds is 7. The highest BCUT2D eigenvalue weighted by Crippen LogP contribution is 2.33. The fourth-order valence-electron chi connectivity index (χ4n) is 4.17. The second kappa shape index (κ2) is 9.92. The zero-order valence-corrected chi connectivity index (χ0v) is 20.7. The van der Waals surface area contributed by atoms with E-state index in [0.717, 1.165) is 19.0 Å². The number of piperidine rings is 1. The molecule has 0 unspecified atom stereocenters. The minimum atomic E-state index is -4.45. The van der Waals surface area contributed by atoms with Gasteiger partial charge in [0.05, 0.1) is 24.5 Å². The first-order valence-corrected chi connectivity index (χ1v) is 11.7. The van der Waals surface area contributed by atoms with E-state index < -0.39 is 11.9 Å². The van der Waals surface area contributed by atoms with E-state index in [2.05, 4.69) is 25.4 Å². The number of halogens is 4. The number of aryl methyl sites for hydroxylation is 1. The average molecular weight is 513 g/mol. The van der Waals surface area contributed by atoms with Crippen molar-refractivity contribution in [3.8, 4) is 17.3 Å². The standard InChI is InChI=1S/C22H28ClF3N8O/c1-13(2)34-18(15(23)10-29-34)20-28-11-16(35-4)19(31-20)27-9-14-5-7-33(8-6-14)21-30-17(12-32(21)3)22(24,25)26/h10-14H,5-9H2,1-4H3,(H,27,28,31). The zero-order chi connectivity index (χ0) is 25.3. The van der Waals surface area contributed by atoms with Crippen LogP contribution < -0.4 is 15.0 Å². The molecule has 1 fully saturated rings. The number of nitrogens with one attached hydrogen (secondary N) is 1. The fourth-order valence-corrected chi connectivity index (χ4v) is 4.38. The van der Waals surface area contributed by atoms with Gasteiger partial charge in [-0.05, 0) is 32.6 Å². The van der Waals surface area contributed by atoms with Gasteiger partial charge < -0.3 is 19.5 Å². The van der Waals surface area contributed by atoms with Crippen molar-refractivity contribution < 1.29 is 17.9 Å². The molecule has 13 heteroatoms. The van der Waals surface area contributed by atoms with Crippen LogP contribution in [0.5, 0.6) is 5.75 Å². The highest BCUT2D eigenvalue weighted by molar-refractivity contribution is 6.32. The largest absolute Gasteiger partial charge is 0.491 e. The van der Waals surface area contributed by atoms with E-state index in [0.29, 0.717) is 59.6 Å². The average Bonchev–Trinajstić information content (AvgIpc) is 3.40. The molecule has 4 rings (SSSR count). The summed E-state index contributed by atoms with van der Waals surface area (Å²) in [5.41, 5.74) is -0.238. The lowest BCUT2D eigenvalue weighted by molar-refractivity contribution is -0.140. The minimum Gasteiger partial charge on any atom is -0.491 e. The maximum atomic E-state index is 13.0. The fraction of sp³-hybridized carbons (Fsp3) is 0.545. The lowest BCUT2D eigenvalue weighted by Gasteiger charge is -2.32. The van der Waals surface area contributed by atoms with Gasteiger partial charge in [0.2, 0.25) is 5.95 Å². The van der Waals surface area contributed by atoms with Crippen LogP contribution in [0.4, 0.5) is 24.9 Å². The van der Waals surface area contributed by atoms with Crippen LogP contribution in [0.3, 0.4) is 0 Å². The van der Waals surface area contributed by atoms with E-state index in [1.54, 1.807) is 31.2 Å².